The van der Waals surface area contributed by atoms with Gasteiger partial charge in [0, 0.05) is 22.5 Å². The molecule has 3 rings (SSSR count). The molecule has 0 fully saturated rings. The molecule has 0 atom stereocenters. The van der Waals surface area contributed by atoms with E-state index < -0.39 is 10.1 Å². The fourth-order valence-corrected chi connectivity index (χ4v) is 3.08. The van der Waals surface area contributed by atoms with Gasteiger partial charge < -0.3 is 0 Å². The van der Waals surface area contributed by atoms with Gasteiger partial charge in [0.1, 0.15) is 6.54 Å². The second-order valence-electron chi connectivity index (χ2n) is 5.73. The lowest BCUT2D eigenvalue weighted by atomic mass is 10.1. The minimum absolute atomic E-state index is 0.0666. The average molecular weight is 379 g/mol. The van der Waals surface area contributed by atoms with Crippen molar-refractivity contribution in [3.8, 4) is 0 Å². The van der Waals surface area contributed by atoms with E-state index in [1.165, 1.54) is 28.6 Å². The maximum absolute atomic E-state index is 10.5. The molecular weight excluding hydrogens is 358 g/mol. The van der Waals surface area contributed by atoms with Crippen LogP contribution in [0.3, 0.4) is 0 Å². The predicted octanol–water partition coefficient (Wildman–Crippen LogP) is 4.35. The van der Waals surface area contributed by atoms with Gasteiger partial charge in [-0.05, 0) is 50.6 Å². The largest absolute Gasteiger partial charge is 0.294 e. The monoisotopic (exact) mass is 378 g/mol. The van der Waals surface area contributed by atoms with Crippen molar-refractivity contribution in [2.45, 2.75) is 32.2 Å². The van der Waals surface area contributed by atoms with Crippen molar-refractivity contribution in [2.75, 3.05) is 0 Å². The maximum atomic E-state index is 10.5. The molecule has 0 spiro atoms. The van der Waals surface area contributed by atoms with Crippen LogP contribution in [0.2, 0.25) is 5.02 Å². The molecule has 0 saturated heterocycles. The SMILES string of the molecule is CC[n+]1ccc(C)c2ccc(Cl)cc21.Cc1ccc(S(=O)(=O)O)cc1. The summed E-state index contributed by atoms with van der Waals surface area (Å²) >= 11 is 5.99. The Bertz CT molecular complexity index is 983. The van der Waals surface area contributed by atoms with Gasteiger partial charge in [-0.15, -0.1) is 0 Å². The van der Waals surface area contributed by atoms with E-state index in [2.05, 4.69) is 36.7 Å². The molecule has 0 bridgehead atoms. The topological polar surface area (TPSA) is 58.2 Å². The quantitative estimate of drug-likeness (QED) is 0.532. The third-order valence-electron chi connectivity index (χ3n) is 3.86. The van der Waals surface area contributed by atoms with Crippen LogP contribution in [-0.4, -0.2) is 13.0 Å². The second kappa shape index (κ2) is 7.95. The Kier molecular flexibility index (Phi) is 6.16. The zero-order valence-corrected chi connectivity index (χ0v) is 16.0. The van der Waals surface area contributed by atoms with Gasteiger partial charge in [-0.25, -0.2) is 0 Å². The van der Waals surface area contributed by atoms with E-state index in [1.54, 1.807) is 12.1 Å². The first kappa shape index (κ1) is 19.4. The lowest BCUT2D eigenvalue weighted by Crippen LogP contribution is -2.32. The lowest BCUT2D eigenvalue weighted by Gasteiger charge is -2.02. The molecular formula is C19H21ClNO3S+. The van der Waals surface area contributed by atoms with Crippen molar-refractivity contribution in [2.24, 2.45) is 0 Å². The predicted molar refractivity (Wildman–Crippen MR) is 101 cm³/mol. The van der Waals surface area contributed by atoms with E-state index in [0.29, 0.717) is 0 Å². The summed E-state index contributed by atoms with van der Waals surface area (Å²) in [5, 5.41) is 2.07. The first-order valence-electron chi connectivity index (χ1n) is 7.85. The number of hydrogen-bond acceptors (Lipinski definition) is 2. The molecule has 0 saturated carbocycles. The molecule has 1 N–H and O–H groups in total. The minimum atomic E-state index is -4.02. The van der Waals surface area contributed by atoms with Crippen molar-refractivity contribution >= 4 is 32.6 Å². The van der Waals surface area contributed by atoms with Crippen LogP contribution >= 0.6 is 11.6 Å². The highest BCUT2D eigenvalue weighted by molar-refractivity contribution is 7.85. The smallest absolute Gasteiger partial charge is 0.282 e. The summed E-state index contributed by atoms with van der Waals surface area (Å²) in [5.74, 6) is 0. The summed E-state index contributed by atoms with van der Waals surface area (Å²) in [7, 11) is -4.02. The number of pyridine rings is 1. The van der Waals surface area contributed by atoms with Crippen LogP contribution in [0.25, 0.3) is 10.9 Å². The van der Waals surface area contributed by atoms with Crippen LogP contribution in [0.5, 0.6) is 0 Å². The zero-order valence-electron chi connectivity index (χ0n) is 14.4. The summed E-state index contributed by atoms with van der Waals surface area (Å²) in [5.41, 5.74) is 3.46. The molecule has 0 amide bonds. The Morgan fingerprint density at radius 1 is 1.04 bits per heavy atom. The van der Waals surface area contributed by atoms with Gasteiger partial charge in [0.25, 0.3) is 10.1 Å². The Hall–Kier alpha value is -1.95. The van der Waals surface area contributed by atoms with E-state index >= 15 is 0 Å². The second-order valence-corrected chi connectivity index (χ2v) is 7.59. The Labute approximate surface area is 153 Å². The fraction of sp³-hybridized carbons (Fsp3) is 0.211. The van der Waals surface area contributed by atoms with Crippen molar-refractivity contribution in [1.82, 2.24) is 0 Å². The van der Waals surface area contributed by atoms with Gasteiger partial charge in [0.15, 0.2) is 6.20 Å². The van der Waals surface area contributed by atoms with E-state index in [0.717, 1.165) is 17.1 Å². The molecule has 3 aromatic rings. The van der Waals surface area contributed by atoms with E-state index in [-0.39, 0.29) is 4.90 Å². The van der Waals surface area contributed by atoms with Gasteiger partial charge >= 0.3 is 0 Å². The first-order valence-corrected chi connectivity index (χ1v) is 9.66. The van der Waals surface area contributed by atoms with E-state index in [1.807, 2.05) is 19.1 Å². The van der Waals surface area contributed by atoms with Gasteiger partial charge in [0.05, 0.1) is 4.90 Å². The molecule has 6 heteroatoms. The number of hydrogen-bond donors (Lipinski definition) is 1. The third kappa shape index (κ3) is 5.01. The zero-order chi connectivity index (χ0) is 18.6. The fourth-order valence-electron chi connectivity index (χ4n) is 2.43. The van der Waals surface area contributed by atoms with Crippen LogP contribution in [0.15, 0.2) is 59.6 Å². The maximum Gasteiger partial charge on any atom is 0.294 e. The van der Waals surface area contributed by atoms with Crippen molar-refractivity contribution in [3.63, 3.8) is 0 Å². The average Bonchev–Trinajstić information content (AvgIpc) is 2.55. The van der Waals surface area contributed by atoms with E-state index in [9.17, 15) is 8.42 Å². The summed E-state index contributed by atoms with van der Waals surface area (Å²) < 4.78 is 31.8. The lowest BCUT2D eigenvalue weighted by molar-refractivity contribution is -0.667. The highest BCUT2D eigenvalue weighted by Crippen LogP contribution is 2.19. The standard InChI is InChI=1S/C12H13ClN.C7H8O3S/c1-3-14-7-6-9(2)11-5-4-10(13)8-12(11)14;1-6-2-4-7(5-3-6)11(8,9)10/h4-8H,3H2,1-2H3;2-5H,1H3,(H,8,9,10)/q+1;. The van der Waals surface area contributed by atoms with Gasteiger partial charge in [0.2, 0.25) is 5.52 Å². The van der Waals surface area contributed by atoms with Crippen molar-refractivity contribution in [1.29, 1.82) is 0 Å². The number of fused-ring (bicyclic) bond motifs is 1. The number of rotatable bonds is 2. The molecule has 0 radical (unpaired) electrons. The van der Waals surface area contributed by atoms with Crippen LogP contribution in [0, 0.1) is 13.8 Å². The highest BCUT2D eigenvalue weighted by Gasteiger charge is 2.09. The molecule has 0 aliphatic carbocycles. The molecule has 0 aliphatic rings. The number of nitrogens with zero attached hydrogens (tertiary/aromatic N) is 1. The van der Waals surface area contributed by atoms with Crippen LogP contribution < -0.4 is 4.57 Å². The molecule has 2 aromatic carbocycles. The Balaban J connectivity index is 0.000000186. The Morgan fingerprint density at radius 3 is 2.24 bits per heavy atom. The molecule has 25 heavy (non-hydrogen) atoms. The van der Waals surface area contributed by atoms with Crippen LogP contribution in [0.1, 0.15) is 18.1 Å². The van der Waals surface area contributed by atoms with Crippen LogP contribution in [0.4, 0.5) is 0 Å². The van der Waals surface area contributed by atoms with E-state index in [4.69, 9.17) is 16.2 Å². The first-order chi connectivity index (χ1) is 11.7. The molecule has 4 nitrogen and oxygen atoms in total. The van der Waals surface area contributed by atoms with Gasteiger partial charge in [-0.2, -0.15) is 13.0 Å². The summed E-state index contributed by atoms with van der Waals surface area (Å²) in [6, 6.07) is 14.2. The Morgan fingerprint density at radius 2 is 1.68 bits per heavy atom. The number of halogens is 1. The molecule has 0 unspecified atom stereocenters. The van der Waals surface area contributed by atoms with Crippen molar-refractivity contribution in [3.05, 3.63) is 70.9 Å². The third-order valence-corrected chi connectivity index (χ3v) is 4.96. The molecule has 0 aliphatic heterocycles. The van der Waals surface area contributed by atoms with Crippen LogP contribution in [-0.2, 0) is 16.7 Å². The summed E-state index contributed by atoms with van der Waals surface area (Å²) in [6.07, 6.45) is 2.11. The molecule has 132 valence electrons. The van der Waals surface area contributed by atoms with Gasteiger partial charge in [-0.1, -0.05) is 29.3 Å². The highest BCUT2D eigenvalue weighted by atomic mass is 35.5. The normalized spacial score (nSPS) is 11.1. The number of benzene rings is 2. The number of aromatic nitrogens is 1. The molecule has 1 aromatic heterocycles. The summed E-state index contributed by atoms with van der Waals surface area (Å²) in [4.78, 5) is -0.0666. The molecule has 1 heterocycles. The minimum Gasteiger partial charge on any atom is -0.282 e. The number of aryl methyl sites for hydroxylation is 3. The summed E-state index contributed by atoms with van der Waals surface area (Å²) in [6.45, 7) is 7.07. The van der Waals surface area contributed by atoms with Crippen molar-refractivity contribution < 1.29 is 17.5 Å². The van der Waals surface area contributed by atoms with Gasteiger partial charge in [-0.3, -0.25) is 4.55 Å².